The summed E-state index contributed by atoms with van der Waals surface area (Å²) in [5.74, 6) is -0.0926. The monoisotopic (exact) mass is 374 g/mol. The van der Waals surface area contributed by atoms with E-state index in [1.165, 1.54) is 4.57 Å². The Labute approximate surface area is 155 Å². The number of amides is 1. The topological polar surface area (TPSA) is 73.5 Å². The van der Waals surface area contributed by atoms with Crippen LogP contribution in [-0.2, 0) is 17.9 Å². The molecule has 2 aromatic carbocycles. The lowest BCUT2D eigenvalue weighted by atomic mass is 10.2. The first-order chi connectivity index (χ1) is 12.4. The van der Waals surface area contributed by atoms with E-state index in [-0.39, 0.29) is 18.6 Å². The summed E-state index contributed by atoms with van der Waals surface area (Å²) in [6.07, 6.45) is 0.110. The number of nitrogens with zero attached hydrogens (tertiary/aromatic N) is 1. The van der Waals surface area contributed by atoms with E-state index < -0.39 is 5.76 Å². The van der Waals surface area contributed by atoms with Crippen LogP contribution in [0.25, 0.3) is 11.1 Å². The van der Waals surface area contributed by atoms with Gasteiger partial charge in [0.05, 0.1) is 11.6 Å². The van der Waals surface area contributed by atoms with Crippen LogP contribution in [0.15, 0.2) is 51.7 Å². The van der Waals surface area contributed by atoms with Crippen molar-refractivity contribution in [3.05, 3.63) is 63.6 Å². The van der Waals surface area contributed by atoms with Gasteiger partial charge in [0.25, 0.3) is 0 Å². The van der Waals surface area contributed by atoms with Gasteiger partial charge in [-0.05, 0) is 43.7 Å². The molecule has 26 heavy (non-hydrogen) atoms. The van der Waals surface area contributed by atoms with Crippen molar-refractivity contribution in [1.82, 2.24) is 9.88 Å². The van der Waals surface area contributed by atoms with Crippen LogP contribution in [0.4, 0.5) is 0 Å². The van der Waals surface area contributed by atoms with Crippen molar-refractivity contribution in [3.8, 4) is 5.75 Å². The number of oxazole rings is 1. The van der Waals surface area contributed by atoms with Crippen LogP contribution < -0.4 is 15.8 Å². The van der Waals surface area contributed by atoms with E-state index in [0.29, 0.717) is 22.7 Å². The van der Waals surface area contributed by atoms with Crippen molar-refractivity contribution in [2.45, 2.75) is 33.0 Å². The van der Waals surface area contributed by atoms with Gasteiger partial charge in [0, 0.05) is 17.6 Å². The highest BCUT2D eigenvalue weighted by atomic mass is 35.5. The van der Waals surface area contributed by atoms with Crippen LogP contribution in [0.3, 0.4) is 0 Å². The molecular weight excluding hydrogens is 356 g/mol. The Balaban J connectivity index is 1.63. The van der Waals surface area contributed by atoms with Gasteiger partial charge >= 0.3 is 5.76 Å². The third-order valence-electron chi connectivity index (χ3n) is 3.72. The third-order valence-corrected chi connectivity index (χ3v) is 3.95. The van der Waals surface area contributed by atoms with Gasteiger partial charge in [-0.2, -0.15) is 0 Å². The summed E-state index contributed by atoms with van der Waals surface area (Å²) >= 11 is 5.88. The van der Waals surface area contributed by atoms with Gasteiger partial charge in [0.1, 0.15) is 12.3 Å². The fourth-order valence-electron chi connectivity index (χ4n) is 2.55. The Morgan fingerprint density at radius 3 is 2.65 bits per heavy atom. The SMILES string of the molecule is CC(C)Oc1ccc(CNC(=O)Cn2c(=O)oc3cc(Cl)ccc32)cc1. The lowest BCUT2D eigenvalue weighted by Gasteiger charge is -2.10. The van der Waals surface area contributed by atoms with E-state index in [1.54, 1.807) is 18.2 Å². The second-order valence-corrected chi connectivity index (χ2v) is 6.59. The molecule has 0 spiro atoms. The Morgan fingerprint density at radius 1 is 1.23 bits per heavy atom. The number of ether oxygens (including phenoxy) is 1. The summed E-state index contributed by atoms with van der Waals surface area (Å²) in [4.78, 5) is 24.1. The molecule has 7 heteroatoms. The standard InChI is InChI=1S/C19H19ClN2O4/c1-12(2)25-15-6-3-13(4-7-15)10-21-18(23)11-22-16-8-5-14(20)9-17(16)26-19(22)24/h3-9,12H,10-11H2,1-2H3,(H,21,23). The lowest BCUT2D eigenvalue weighted by molar-refractivity contribution is -0.121. The largest absolute Gasteiger partial charge is 0.491 e. The first-order valence-corrected chi connectivity index (χ1v) is 8.61. The summed E-state index contributed by atoms with van der Waals surface area (Å²) in [7, 11) is 0. The van der Waals surface area contributed by atoms with E-state index in [0.717, 1.165) is 11.3 Å². The van der Waals surface area contributed by atoms with Gasteiger partial charge in [-0.25, -0.2) is 4.79 Å². The number of nitrogens with one attached hydrogen (secondary N) is 1. The zero-order chi connectivity index (χ0) is 18.7. The van der Waals surface area contributed by atoms with Gasteiger partial charge in [-0.1, -0.05) is 23.7 Å². The second kappa shape index (κ2) is 7.66. The molecule has 0 saturated heterocycles. The summed E-state index contributed by atoms with van der Waals surface area (Å²) in [6, 6.07) is 12.3. The van der Waals surface area contributed by atoms with Crippen molar-refractivity contribution in [2.24, 2.45) is 0 Å². The average molecular weight is 375 g/mol. The zero-order valence-corrected chi connectivity index (χ0v) is 15.2. The lowest BCUT2D eigenvalue weighted by Crippen LogP contribution is -2.30. The molecule has 0 saturated carbocycles. The van der Waals surface area contributed by atoms with E-state index in [9.17, 15) is 9.59 Å². The third kappa shape index (κ3) is 4.26. The van der Waals surface area contributed by atoms with Crippen molar-refractivity contribution in [1.29, 1.82) is 0 Å². The minimum Gasteiger partial charge on any atom is -0.491 e. The molecule has 3 rings (SSSR count). The highest BCUT2D eigenvalue weighted by Gasteiger charge is 2.13. The van der Waals surface area contributed by atoms with Crippen molar-refractivity contribution < 1.29 is 13.9 Å². The van der Waals surface area contributed by atoms with Crippen LogP contribution in [0, 0.1) is 0 Å². The molecule has 0 atom stereocenters. The highest BCUT2D eigenvalue weighted by molar-refractivity contribution is 6.31. The van der Waals surface area contributed by atoms with Crippen LogP contribution in [0.2, 0.25) is 5.02 Å². The van der Waals surface area contributed by atoms with Gasteiger partial charge in [-0.15, -0.1) is 0 Å². The number of rotatable bonds is 6. The minimum atomic E-state index is -0.590. The molecule has 0 bridgehead atoms. The predicted octanol–water partition coefficient (Wildman–Crippen LogP) is 3.35. The van der Waals surface area contributed by atoms with E-state index in [4.69, 9.17) is 20.8 Å². The number of hydrogen-bond acceptors (Lipinski definition) is 4. The maximum absolute atomic E-state index is 12.2. The number of carbonyl (C=O) groups is 1. The van der Waals surface area contributed by atoms with Gasteiger partial charge in [-0.3, -0.25) is 9.36 Å². The summed E-state index contributed by atoms with van der Waals surface area (Å²) in [6.45, 7) is 4.16. The summed E-state index contributed by atoms with van der Waals surface area (Å²) in [5, 5.41) is 3.26. The summed E-state index contributed by atoms with van der Waals surface area (Å²) in [5.41, 5.74) is 1.83. The van der Waals surface area contributed by atoms with E-state index >= 15 is 0 Å². The molecule has 1 heterocycles. The van der Waals surface area contributed by atoms with Gasteiger partial charge in [0.15, 0.2) is 5.58 Å². The maximum atomic E-state index is 12.2. The van der Waals surface area contributed by atoms with Crippen LogP contribution in [0.1, 0.15) is 19.4 Å². The highest BCUT2D eigenvalue weighted by Crippen LogP contribution is 2.18. The molecule has 0 unspecified atom stereocenters. The van der Waals surface area contributed by atoms with Crippen molar-refractivity contribution >= 4 is 28.6 Å². The molecule has 0 aliphatic carbocycles. The number of aromatic nitrogens is 1. The molecule has 136 valence electrons. The molecule has 3 aromatic rings. The van der Waals surface area contributed by atoms with Crippen LogP contribution >= 0.6 is 11.6 Å². The predicted molar refractivity (Wildman–Crippen MR) is 99.5 cm³/mol. The normalized spacial score (nSPS) is 11.1. The number of carbonyl (C=O) groups excluding carboxylic acids is 1. The Kier molecular flexibility index (Phi) is 5.32. The number of halogens is 1. The van der Waals surface area contributed by atoms with E-state index in [2.05, 4.69) is 5.32 Å². The molecule has 0 aliphatic rings. The molecule has 0 radical (unpaired) electrons. The molecule has 6 nitrogen and oxygen atoms in total. The molecule has 0 fully saturated rings. The fourth-order valence-corrected chi connectivity index (χ4v) is 2.71. The number of benzene rings is 2. The molecule has 1 amide bonds. The summed E-state index contributed by atoms with van der Waals surface area (Å²) < 4.78 is 12.0. The zero-order valence-electron chi connectivity index (χ0n) is 14.5. The molecule has 1 N–H and O–H groups in total. The van der Waals surface area contributed by atoms with Crippen LogP contribution in [-0.4, -0.2) is 16.6 Å². The van der Waals surface area contributed by atoms with Crippen molar-refractivity contribution in [3.63, 3.8) is 0 Å². The average Bonchev–Trinajstić information content (AvgIpc) is 2.88. The number of fused-ring (bicyclic) bond motifs is 1. The maximum Gasteiger partial charge on any atom is 0.420 e. The van der Waals surface area contributed by atoms with Crippen LogP contribution in [0.5, 0.6) is 5.75 Å². The smallest absolute Gasteiger partial charge is 0.420 e. The van der Waals surface area contributed by atoms with E-state index in [1.807, 2.05) is 38.1 Å². The Bertz CT molecular complexity index is 973. The van der Waals surface area contributed by atoms with Crippen molar-refractivity contribution in [2.75, 3.05) is 0 Å². The number of hydrogen-bond donors (Lipinski definition) is 1. The second-order valence-electron chi connectivity index (χ2n) is 6.15. The molecule has 0 aliphatic heterocycles. The first kappa shape index (κ1) is 18.1. The minimum absolute atomic E-state index is 0.110. The van der Waals surface area contributed by atoms with Gasteiger partial charge in [0.2, 0.25) is 5.91 Å². The Morgan fingerprint density at radius 2 is 1.96 bits per heavy atom. The molecular formula is C19H19ClN2O4. The van der Waals surface area contributed by atoms with Gasteiger partial charge < -0.3 is 14.5 Å². The quantitative estimate of drug-likeness (QED) is 0.718. The fraction of sp³-hybridized carbons (Fsp3) is 0.263. The Hall–Kier alpha value is -2.73. The molecule has 1 aromatic heterocycles. The first-order valence-electron chi connectivity index (χ1n) is 8.23.